The Labute approximate surface area is 168 Å². The standard InChI is InChI=1S/C18H19F2N3O3S.ClH/c19-15-7-6-14(9-16(15)20)27(25,26)23-13-3-1-2-12(8-13)18(24)22-17(10-21)11-4-5-11;/h1-3,6-9,11,17,23H,4-5,10,21H2,(H,22,24);1H. The van der Waals surface area contributed by atoms with Crippen molar-refractivity contribution in [3.05, 3.63) is 59.7 Å². The summed E-state index contributed by atoms with van der Waals surface area (Å²) in [6, 6.07) is 8.06. The molecule has 0 aliphatic heterocycles. The summed E-state index contributed by atoms with van der Waals surface area (Å²) >= 11 is 0. The minimum absolute atomic E-state index is 0. The lowest BCUT2D eigenvalue weighted by atomic mass is 10.1. The zero-order valence-electron chi connectivity index (χ0n) is 14.7. The lowest BCUT2D eigenvalue weighted by Crippen LogP contribution is -2.41. The summed E-state index contributed by atoms with van der Waals surface area (Å²) in [5.41, 5.74) is 6.07. The van der Waals surface area contributed by atoms with Gasteiger partial charge in [0.25, 0.3) is 15.9 Å². The second-order valence-electron chi connectivity index (χ2n) is 6.42. The van der Waals surface area contributed by atoms with Gasteiger partial charge in [-0.3, -0.25) is 9.52 Å². The van der Waals surface area contributed by atoms with Crippen LogP contribution in [0.1, 0.15) is 23.2 Å². The first-order chi connectivity index (χ1) is 12.8. The Bertz CT molecular complexity index is 968. The molecule has 1 amide bonds. The molecule has 3 rings (SSSR count). The number of nitrogens with two attached hydrogens (primary N) is 1. The van der Waals surface area contributed by atoms with E-state index in [2.05, 4.69) is 10.0 Å². The highest BCUT2D eigenvalue weighted by atomic mass is 35.5. The number of sulfonamides is 1. The molecule has 1 fully saturated rings. The van der Waals surface area contributed by atoms with Crippen LogP contribution in [0.25, 0.3) is 0 Å². The Morgan fingerprint density at radius 3 is 2.46 bits per heavy atom. The second-order valence-corrected chi connectivity index (χ2v) is 8.10. The second kappa shape index (κ2) is 8.85. The monoisotopic (exact) mass is 431 g/mol. The molecule has 152 valence electrons. The van der Waals surface area contributed by atoms with E-state index in [1.54, 1.807) is 6.07 Å². The molecule has 6 nitrogen and oxygen atoms in total. The number of anilines is 1. The molecular formula is C18H20ClF2N3O3S. The van der Waals surface area contributed by atoms with Crippen molar-refractivity contribution in [3.63, 3.8) is 0 Å². The largest absolute Gasteiger partial charge is 0.348 e. The van der Waals surface area contributed by atoms with Gasteiger partial charge in [0.2, 0.25) is 0 Å². The number of nitrogens with one attached hydrogen (secondary N) is 2. The van der Waals surface area contributed by atoms with Gasteiger partial charge in [-0.25, -0.2) is 17.2 Å². The molecule has 1 aliphatic rings. The molecule has 0 radical (unpaired) electrons. The Morgan fingerprint density at radius 1 is 1.14 bits per heavy atom. The van der Waals surface area contributed by atoms with E-state index >= 15 is 0 Å². The number of benzene rings is 2. The Kier molecular flexibility index (Phi) is 6.97. The van der Waals surface area contributed by atoms with Crippen LogP contribution in [-0.2, 0) is 10.0 Å². The number of rotatable bonds is 7. The van der Waals surface area contributed by atoms with Crippen LogP contribution < -0.4 is 15.8 Å². The van der Waals surface area contributed by atoms with Gasteiger partial charge in [-0.2, -0.15) is 0 Å². The van der Waals surface area contributed by atoms with Gasteiger partial charge in [0.15, 0.2) is 11.6 Å². The molecular weight excluding hydrogens is 412 g/mol. The lowest BCUT2D eigenvalue weighted by molar-refractivity contribution is 0.0933. The average Bonchev–Trinajstić information content (AvgIpc) is 3.46. The number of hydrogen-bond acceptors (Lipinski definition) is 4. The van der Waals surface area contributed by atoms with Gasteiger partial charge >= 0.3 is 0 Å². The van der Waals surface area contributed by atoms with Gasteiger partial charge in [0.05, 0.1) is 4.90 Å². The van der Waals surface area contributed by atoms with E-state index in [9.17, 15) is 22.0 Å². The SMILES string of the molecule is Cl.NCC(NC(=O)c1cccc(NS(=O)(=O)c2ccc(F)c(F)c2)c1)C1CC1. The van der Waals surface area contributed by atoms with Crippen molar-refractivity contribution in [2.45, 2.75) is 23.8 Å². The third-order valence-corrected chi connectivity index (χ3v) is 5.72. The number of hydrogen-bond donors (Lipinski definition) is 3. The third kappa shape index (κ3) is 5.18. The van der Waals surface area contributed by atoms with Crippen molar-refractivity contribution in [1.82, 2.24) is 5.32 Å². The number of halogens is 3. The fraction of sp³-hybridized carbons (Fsp3) is 0.278. The van der Waals surface area contributed by atoms with Gasteiger partial charge < -0.3 is 11.1 Å². The van der Waals surface area contributed by atoms with Crippen molar-refractivity contribution >= 4 is 34.0 Å². The predicted octanol–water partition coefficient (Wildman–Crippen LogP) is 2.65. The molecule has 1 saturated carbocycles. The Hall–Kier alpha value is -2.23. The summed E-state index contributed by atoms with van der Waals surface area (Å²) in [6.45, 7) is 0.332. The molecule has 0 saturated heterocycles. The first kappa shape index (κ1) is 22.1. The number of carbonyl (C=O) groups excluding carboxylic acids is 1. The van der Waals surface area contributed by atoms with E-state index in [0.29, 0.717) is 18.5 Å². The zero-order chi connectivity index (χ0) is 19.6. The maximum absolute atomic E-state index is 13.3. The molecule has 0 spiro atoms. The van der Waals surface area contributed by atoms with Crippen molar-refractivity contribution in [2.24, 2.45) is 11.7 Å². The lowest BCUT2D eigenvalue weighted by Gasteiger charge is -2.16. The van der Waals surface area contributed by atoms with Crippen molar-refractivity contribution in [3.8, 4) is 0 Å². The topological polar surface area (TPSA) is 101 Å². The van der Waals surface area contributed by atoms with Crippen LogP contribution in [0.3, 0.4) is 0 Å². The van der Waals surface area contributed by atoms with E-state index in [1.807, 2.05) is 0 Å². The smallest absolute Gasteiger partial charge is 0.261 e. The molecule has 4 N–H and O–H groups in total. The molecule has 2 aromatic carbocycles. The molecule has 0 bridgehead atoms. The minimum Gasteiger partial charge on any atom is -0.348 e. The Morgan fingerprint density at radius 2 is 1.86 bits per heavy atom. The fourth-order valence-corrected chi connectivity index (χ4v) is 3.76. The first-order valence-corrected chi connectivity index (χ1v) is 9.87. The van der Waals surface area contributed by atoms with Crippen LogP contribution in [0.4, 0.5) is 14.5 Å². The zero-order valence-corrected chi connectivity index (χ0v) is 16.3. The van der Waals surface area contributed by atoms with Crippen molar-refractivity contribution in [2.75, 3.05) is 11.3 Å². The minimum atomic E-state index is -4.13. The molecule has 0 heterocycles. The van der Waals surface area contributed by atoms with Crippen LogP contribution in [0.5, 0.6) is 0 Å². The van der Waals surface area contributed by atoms with Crippen molar-refractivity contribution < 1.29 is 22.0 Å². The number of amides is 1. The normalized spacial score (nSPS) is 14.7. The van der Waals surface area contributed by atoms with E-state index in [0.717, 1.165) is 25.0 Å². The van der Waals surface area contributed by atoms with Crippen LogP contribution in [0.2, 0.25) is 0 Å². The first-order valence-electron chi connectivity index (χ1n) is 8.39. The summed E-state index contributed by atoms with van der Waals surface area (Å²) in [4.78, 5) is 12.0. The summed E-state index contributed by atoms with van der Waals surface area (Å²) in [7, 11) is -4.13. The Balaban J connectivity index is 0.00000280. The predicted molar refractivity (Wildman–Crippen MR) is 104 cm³/mol. The van der Waals surface area contributed by atoms with Crippen LogP contribution in [0.15, 0.2) is 47.4 Å². The average molecular weight is 432 g/mol. The highest BCUT2D eigenvalue weighted by molar-refractivity contribution is 7.92. The van der Waals surface area contributed by atoms with Crippen molar-refractivity contribution in [1.29, 1.82) is 0 Å². The molecule has 2 aromatic rings. The fourth-order valence-electron chi connectivity index (χ4n) is 2.70. The van der Waals surface area contributed by atoms with Gasteiger partial charge in [0.1, 0.15) is 0 Å². The van der Waals surface area contributed by atoms with Crippen LogP contribution >= 0.6 is 12.4 Å². The molecule has 28 heavy (non-hydrogen) atoms. The van der Waals surface area contributed by atoms with Gasteiger partial charge in [0, 0.05) is 23.8 Å². The summed E-state index contributed by atoms with van der Waals surface area (Å²) in [6.07, 6.45) is 2.05. The highest BCUT2D eigenvalue weighted by Crippen LogP contribution is 2.32. The van der Waals surface area contributed by atoms with Gasteiger partial charge in [-0.1, -0.05) is 6.07 Å². The van der Waals surface area contributed by atoms with E-state index in [-0.39, 0.29) is 35.6 Å². The molecule has 1 atom stereocenters. The summed E-state index contributed by atoms with van der Waals surface area (Å²) < 4.78 is 53.3. The maximum Gasteiger partial charge on any atom is 0.261 e. The van der Waals surface area contributed by atoms with Gasteiger partial charge in [-0.15, -0.1) is 12.4 Å². The van der Waals surface area contributed by atoms with Crippen LogP contribution in [0, 0.1) is 17.6 Å². The summed E-state index contributed by atoms with van der Waals surface area (Å²) in [5, 5.41) is 2.85. The summed E-state index contributed by atoms with van der Waals surface area (Å²) in [5.74, 6) is -2.38. The highest BCUT2D eigenvalue weighted by Gasteiger charge is 2.31. The molecule has 10 heteroatoms. The van der Waals surface area contributed by atoms with E-state index in [4.69, 9.17) is 5.73 Å². The molecule has 1 unspecified atom stereocenters. The molecule has 1 aliphatic carbocycles. The van der Waals surface area contributed by atoms with Gasteiger partial charge in [-0.05, 0) is 55.2 Å². The third-order valence-electron chi connectivity index (χ3n) is 4.34. The quantitative estimate of drug-likeness (QED) is 0.627. The van der Waals surface area contributed by atoms with Crippen LogP contribution in [-0.4, -0.2) is 26.9 Å². The molecule has 0 aromatic heterocycles. The number of carbonyl (C=O) groups is 1. The van der Waals surface area contributed by atoms with E-state index < -0.39 is 26.6 Å². The van der Waals surface area contributed by atoms with E-state index in [1.165, 1.54) is 18.2 Å². The maximum atomic E-state index is 13.3.